The number of nitrogens with one attached hydrogen (secondary N) is 1. The van der Waals surface area contributed by atoms with Crippen molar-refractivity contribution in [2.75, 3.05) is 23.3 Å². The van der Waals surface area contributed by atoms with E-state index in [2.05, 4.69) is 27.0 Å². The summed E-state index contributed by atoms with van der Waals surface area (Å²) in [6.07, 6.45) is 0. The van der Waals surface area contributed by atoms with Crippen LogP contribution in [0.5, 0.6) is 0 Å². The zero-order valence-corrected chi connectivity index (χ0v) is 17.4. The van der Waals surface area contributed by atoms with E-state index in [0.717, 1.165) is 11.4 Å². The third-order valence-corrected chi connectivity index (χ3v) is 5.30. The van der Waals surface area contributed by atoms with Gasteiger partial charge in [0.15, 0.2) is 0 Å². The van der Waals surface area contributed by atoms with E-state index in [1.807, 2.05) is 30.9 Å². The van der Waals surface area contributed by atoms with Crippen molar-refractivity contribution in [3.8, 4) is 0 Å². The van der Waals surface area contributed by atoms with Gasteiger partial charge in [0.25, 0.3) is 0 Å². The molecule has 1 aromatic carbocycles. The fraction of sp³-hybridized carbons (Fsp3) is 0.350. The van der Waals surface area contributed by atoms with Crippen LogP contribution in [0.4, 0.5) is 21.9 Å². The molecule has 2 atom stereocenters. The van der Waals surface area contributed by atoms with Gasteiger partial charge in [-0.05, 0) is 45.0 Å². The lowest BCUT2D eigenvalue weighted by Crippen LogP contribution is -2.59. The molecule has 0 bridgehead atoms. The summed E-state index contributed by atoms with van der Waals surface area (Å²) in [5, 5.41) is 3.70. The van der Waals surface area contributed by atoms with Crippen LogP contribution in [0.3, 0.4) is 0 Å². The molecule has 1 aliphatic rings. The molecule has 1 N–H and O–H groups in total. The molecule has 1 fully saturated rings. The van der Waals surface area contributed by atoms with Gasteiger partial charge in [0.2, 0.25) is 5.69 Å². The molecule has 0 saturated carbocycles. The first-order chi connectivity index (χ1) is 13.3. The molecule has 0 aliphatic carbocycles. The van der Waals surface area contributed by atoms with Crippen LogP contribution in [-0.4, -0.2) is 41.1 Å². The Morgan fingerprint density at radius 3 is 2.61 bits per heavy atom. The van der Waals surface area contributed by atoms with Crippen LogP contribution in [-0.2, 0) is 0 Å². The van der Waals surface area contributed by atoms with E-state index < -0.39 is 0 Å². The van der Waals surface area contributed by atoms with Gasteiger partial charge in [-0.15, -0.1) is 0 Å². The minimum absolute atomic E-state index is 0.00563. The normalized spacial score (nSPS) is 19.3. The predicted molar refractivity (Wildman–Crippen MR) is 114 cm³/mol. The zero-order valence-electron chi connectivity index (χ0n) is 15.9. The molecule has 146 valence electrons. The highest BCUT2D eigenvalue weighted by atomic mass is 35.5. The Morgan fingerprint density at radius 1 is 1.21 bits per heavy atom. The molecule has 2 heterocycles. The summed E-state index contributed by atoms with van der Waals surface area (Å²) in [5.74, 6) is 0. The van der Waals surface area contributed by atoms with E-state index >= 15 is 0 Å². The molecule has 28 heavy (non-hydrogen) atoms. The number of urea groups is 1. The molecule has 3 rings (SSSR count). The van der Waals surface area contributed by atoms with Crippen molar-refractivity contribution in [2.24, 2.45) is 0 Å². The number of piperazine rings is 1. The van der Waals surface area contributed by atoms with Gasteiger partial charge in [0, 0.05) is 47.3 Å². The number of aryl methyl sites for hydroxylation is 1. The molecule has 0 spiro atoms. The Balaban J connectivity index is 1.73. The van der Waals surface area contributed by atoms with Crippen LogP contribution < -0.4 is 10.2 Å². The molecule has 0 radical (unpaired) electrons. The minimum atomic E-state index is -0.165. The molecule has 6 nitrogen and oxygen atoms in total. The monoisotopic (exact) mass is 417 g/mol. The van der Waals surface area contributed by atoms with Gasteiger partial charge in [-0.2, -0.15) is 0 Å². The number of aromatic nitrogens is 1. The zero-order chi connectivity index (χ0) is 20.4. The number of hydrogen-bond acceptors (Lipinski definition) is 3. The van der Waals surface area contributed by atoms with Crippen molar-refractivity contribution < 1.29 is 4.79 Å². The van der Waals surface area contributed by atoms with Crippen LogP contribution >= 0.6 is 23.2 Å². The van der Waals surface area contributed by atoms with Crippen LogP contribution in [0.2, 0.25) is 10.2 Å². The molecule has 8 heteroatoms. The molecule has 1 aliphatic heterocycles. The average Bonchev–Trinajstić information content (AvgIpc) is 2.62. The number of anilines is 2. The van der Waals surface area contributed by atoms with E-state index in [9.17, 15) is 4.79 Å². The Morgan fingerprint density at radius 2 is 1.96 bits per heavy atom. The molecule has 2 aromatic rings. The summed E-state index contributed by atoms with van der Waals surface area (Å²) in [5.41, 5.74) is 2.77. The van der Waals surface area contributed by atoms with E-state index in [1.54, 1.807) is 18.2 Å². The van der Waals surface area contributed by atoms with Gasteiger partial charge in [0.05, 0.1) is 6.57 Å². The lowest BCUT2D eigenvalue weighted by atomic mass is 10.1. The first-order valence-electron chi connectivity index (χ1n) is 8.94. The summed E-state index contributed by atoms with van der Waals surface area (Å²) in [6.45, 7) is 14.3. The quantitative estimate of drug-likeness (QED) is 0.526. The summed E-state index contributed by atoms with van der Waals surface area (Å²) < 4.78 is 0. The van der Waals surface area contributed by atoms with Gasteiger partial charge in [-0.3, -0.25) is 0 Å². The Kier molecular flexibility index (Phi) is 5.97. The lowest BCUT2D eigenvalue weighted by Gasteiger charge is -2.45. The highest BCUT2D eigenvalue weighted by Gasteiger charge is 2.32. The average molecular weight is 418 g/mol. The fourth-order valence-electron chi connectivity index (χ4n) is 3.43. The van der Waals surface area contributed by atoms with E-state index in [0.29, 0.717) is 34.6 Å². The molecule has 2 amide bonds. The third-order valence-electron chi connectivity index (χ3n) is 4.80. The second kappa shape index (κ2) is 8.26. The number of benzene rings is 1. The van der Waals surface area contributed by atoms with E-state index in [4.69, 9.17) is 29.8 Å². The summed E-state index contributed by atoms with van der Waals surface area (Å²) >= 11 is 12.2. The number of carbonyl (C=O) groups is 1. The topological polar surface area (TPSA) is 52.8 Å². The van der Waals surface area contributed by atoms with Gasteiger partial charge in [-0.1, -0.05) is 29.3 Å². The minimum Gasteiger partial charge on any atom is -0.365 e. The van der Waals surface area contributed by atoms with Crippen molar-refractivity contribution in [1.82, 2.24) is 9.88 Å². The van der Waals surface area contributed by atoms with Crippen molar-refractivity contribution in [1.29, 1.82) is 0 Å². The highest BCUT2D eigenvalue weighted by molar-refractivity contribution is 6.33. The van der Waals surface area contributed by atoms with Crippen molar-refractivity contribution >= 4 is 46.3 Å². The van der Waals surface area contributed by atoms with E-state index in [1.165, 1.54) is 0 Å². The van der Waals surface area contributed by atoms with Crippen molar-refractivity contribution in [3.63, 3.8) is 0 Å². The van der Waals surface area contributed by atoms with Crippen LogP contribution in [0.1, 0.15) is 19.5 Å². The Hall–Kier alpha value is -2.49. The van der Waals surface area contributed by atoms with E-state index in [-0.39, 0.29) is 18.1 Å². The largest absolute Gasteiger partial charge is 0.365 e. The second-order valence-electron chi connectivity index (χ2n) is 7.00. The summed E-state index contributed by atoms with van der Waals surface area (Å²) in [4.78, 5) is 24.3. The maximum absolute atomic E-state index is 12.8. The standard InChI is InChI=1S/C20H21Cl2N5O/c1-12-7-15(8-19(22)24-12)25-20(28)27-11-13(2)26(10-14(27)3)16-5-6-18(23-4)17(21)9-16/h5-9,13-14H,10-11H2,1-3H3,(H,24,25,28)/t13-,14+/m0/s1. The van der Waals surface area contributed by atoms with Gasteiger partial charge < -0.3 is 15.1 Å². The van der Waals surface area contributed by atoms with Crippen LogP contribution in [0, 0.1) is 13.5 Å². The number of hydrogen-bond donors (Lipinski definition) is 1. The number of pyridine rings is 1. The number of amides is 2. The molecule has 0 unspecified atom stereocenters. The van der Waals surface area contributed by atoms with Gasteiger partial charge in [-0.25, -0.2) is 14.6 Å². The smallest absolute Gasteiger partial charge is 0.322 e. The molecule has 1 aromatic heterocycles. The number of halogens is 2. The number of nitrogens with zero attached hydrogens (tertiary/aromatic N) is 4. The molecular formula is C20H21Cl2N5O. The van der Waals surface area contributed by atoms with Gasteiger partial charge in [0.1, 0.15) is 5.15 Å². The summed E-state index contributed by atoms with van der Waals surface area (Å²) in [7, 11) is 0. The predicted octanol–water partition coefficient (Wildman–Crippen LogP) is 5.38. The first kappa shape index (κ1) is 20.2. The highest BCUT2D eigenvalue weighted by Crippen LogP contribution is 2.32. The number of rotatable bonds is 2. The first-order valence-corrected chi connectivity index (χ1v) is 9.69. The third kappa shape index (κ3) is 4.32. The van der Waals surface area contributed by atoms with Crippen molar-refractivity contribution in [3.05, 3.63) is 57.6 Å². The van der Waals surface area contributed by atoms with Gasteiger partial charge >= 0.3 is 6.03 Å². The maximum Gasteiger partial charge on any atom is 0.322 e. The van der Waals surface area contributed by atoms with Crippen LogP contribution in [0.25, 0.3) is 4.85 Å². The summed E-state index contributed by atoms with van der Waals surface area (Å²) in [6, 6.07) is 8.80. The SMILES string of the molecule is [C-]#[N+]c1ccc(N2C[C@@H](C)N(C(=O)Nc3cc(C)nc(Cl)c3)C[C@@H]2C)cc1Cl. The molecule has 1 saturated heterocycles. The Bertz CT molecular complexity index is 922. The molecular weight excluding hydrogens is 397 g/mol. The Labute approximate surface area is 174 Å². The van der Waals surface area contributed by atoms with Crippen molar-refractivity contribution in [2.45, 2.75) is 32.9 Å². The number of carbonyl (C=O) groups excluding carboxylic acids is 1. The second-order valence-corrected chi connectivity index (χ2v) is 7.79. The maximum atomic E-state index is 12.8. The van der Waals surface area contributed by atoms with Crippen LogP contribution in [0.15, 0.2) is 30.3 Å². The lowest BCUT2D eigenvalue weighted by molar-refractivity contribution is 0.173. The fourth-order valence-corrected chi connectivity index (χ4v) is 3.90.